The van der Waals surface area contributed by atoms with Gasteiger partial charge in [-0.15, -0.1) is 0 Å². The van der Waals surface area contributed by atoms with E-state index in [1.807, 2.05) is 44.3 Å². The Balaban J connectivity index is 1.47. The van der Waals surface area contributed by atoms with Gasteiger partial charge in [0.05, 0.1) is 28.9 Å². The molecule has 9 nitrogen and oxygen atoms in total. The molecule has 1 atom stereocenters. The molecule has 2 aliphatic rings. The quantitative estimate of drug-likeness (QED) is 0.263. The van der Waals surface area contributed by atoms with Crippen LogP contribution in [-0.4, -0.2) is 46.8 Å². The lowest BCUT2D eigenvalue weighted by Crippen LogP contribution is -2.45. The van der Waals surface area contributed by atoms with E-state index >= 15 is 0 Å². The number of nitrogens with zero attached hydrogens (tertiary/aromatic N) is 4. The van der Waals surface area contributed by atoms with Crippen LogP contribution in [0.4, 0.5) is 5.95 Å². The molecule has 1 saturated carbocycles. The third-order valence-electron chi connectivity index (χ3n) is 8.26. The number of aromatic nitrogens is 3. The smallest absolute Gasteiger partial charge is 0.264 e. The molecule has 3 heterocycles. The summed E-state index contributed by atoms with van der Waals surface area (Å²) in [5.41, 5.74) is 5.46. The third kappa shape index (κ3) is 7.01. The zero-order chi connectivity index (χ0) is 31.9. The van der Waals surface area contributed by atoms with Crippen molar-refractivity contribution in [1.29, 1.82) is 0 Å². The van der Waals surface area contributed by atoms with Gasteiger partial charge in [-0.25, -0.2) is 18.1 Å². The summed E-state index contributed by atoms with van der Waals surface area (Å²) in [6.45, 7) is 10.7. The van der Waals surface area contributed by atoms with Gasteiger partial charge in [-0.1, -0.05) is 51.1 Å². The second-order valence-corrected chi connectivity index (χ2v) is 15.0. The summed E-state index contributed by atoms with van der Waals surface area (Å²) in [6, 6.07) is 17.4. The van der Waals surface area contributed by atoms with E-state index in [1.165, 1.54) is 30.5 Å². The predicted octanol–water partition coefficient (Wildman–Crippen LogP) is 6.67. The van der Waals surface area contributed by atoms with E-state index in [4.69, 9.17) is 9.72 Å². The van der Waals surface area contributed by atoms with Gasteiger partial charge in [-0.05, 0) is 85.4 Å². The lowest BCUT2D eigenvalue weighted by Gasteiger charge is -2.35. The second kappa shape index (κ2) is 11.9. The fraction of sp³-hybridized carbons (Fsp3) is 0.371. The summed E-state index contributed by atoms with van der Waals surface area (Å²) in [7, 11) is -4.14. The molecular formula is C35H39N5O4S. The molecule has 1 aliphatic carbocycles. The number of benzene rings is 2. The zero-order valence-electron chi connectivity index (χ0n) is 26.4. The summed E-state index contributed by atoms with van der Waals surface area (Å²) in [4.78, 5) is 29.8. The van der Waals surface area contributed by atoms with Crippen molar-refractivity contribution >= 4 is 21.9 Å². The Morgan fingerprint density at radius 2 is 1.71 bits per heavy atom. The average molecular weight is 626 g/mol. The highest BCUT2D eigenvalue weighted by Gasteiger charge is 2.32. The summed E-state index contributed by atoms with van der Waals surface area (Å²) in [5, 5.41) is 0. The van der Waals surface area contributed by atoms with Crippen LogP contribution in [0.25, 0.3) is 11.3 Å². The number of anilines is 1. The van der Waals surface area contributed by atoms with Crippen molar-refractivity contribution in [2.45, 2.75) is 77.3 Å². The Bertz CT molecular complexity index is 1830. The molecule has 2 aromatic carbocycles. The van der Waals surface area contributed by atoms with Crippen molar-refractivity contribution in [2.75, 3.05) is 11.3 Å². The van der Waals surface area contributed by atoms with Gasteiger partial charge >= 0.3 is 0 Å². The largest absolute Gasteiger partial charge is 0.475 e. The number of aryl methyl sites for hydroxylation is 2. The first kappa shape index (κ1) is 30.7. The van der Waals surface area contributed by atoms with Crippen LogP contribution >= 0.6 is 0 Å². The Morgan fingerprint density at radius 3 is 2.38 bits per heavy atom. The number of pyridine rings is 1. The molecule has 10 heteroatoms. The number of hydrogen-bond donors (Lipinski definition) is 1. The minimum atomic E-state index is -4.14. The van der Waals surface area contributed by atoms with Gasteiger partial charge in [0.15, 0.2) is 0 Å². The predicted molar refractivity (Wildman–Crippen MR) is 174 cm³/mol. The maximum atomic E-state index is 14.3. The molecule has 234 valence electrons. The molecule has 45 heavy (non-hydrogen) atoms. The molecule has 0 spiro atoms. The van der Waals surface area contributed by atoms with Crippen molar-refractivity contribution in [3.05, 3.63) is 94.8 Å². The molecule has 4 bridgehead atoms. The number of fused-ring (bicyclic) bond motifs is 4. The van der Waals surface area contributed by atoms with E-state index in [0.29, 0.717) is 18.0 Å². The summed E-state index contributed by atoms with van der Waals surface area (Å²) >= 11 is 0. The summed E-state index contributed by atoms with van der Waals surface area (Å²) in [6.07, 6.45) is 4.89. The van der Waals surface area contributed by atoms with E-state index in [9.17, 15) is 13.2 Å². The lowest BCUT2D eigenvalue weighted by atomic mass is 9.87. The first-order valence-corrected chi connectivity index (χ1v) is 16.8. The topological polar surface area (TPSA) is 114 Å². The van der Waals surface area contributed by atoms with E-state index in [0.717, 1.165) is 22.4 Å². The van der Waals surface area contributed by atoms with Gasteiger partial charge in [0.1, 0.15) is 6.61 Å². The minimum Gasteiger partial charge on any atom is -0.475 e. The number of nitrogens with one attached hydrogen (secondary N) is 1. The number of ether oxygens (including phenoxy) is 1. The Hall–Kier alpha value is -4.31. The molecule has 0 radical (unpaired) electrons. The SMILES string of the molecule is Cc1cccc(C)c1-c1cc2nc(n1)NS(=O)(=O)c1cccc(c1)C(=O)N(Cc1ccc(C3CC3)cn1)[C@H](CC(C)(C)C)CO2. The fourth-order valence-electron chi connectivity index (χ4n) is 5.91. The number of rotatable bonds is 5. The standard InChI is InChI=1S/C35H39N5O4S/c1-22-8-6-9-23(2)32(22)30-17-31-38-34(37-30)39-45(42,43)29-11-7-10-25(16-29)33(41)40(28(21-44-31)18-35(3,4)5)20-27-15-14-26(19-36-27)24-12-13-24/h6-11,14-17,19,24,28H,12-13,18,20-21H2,1-5H3,(H,37,38,39)/t28-/m1/s1. The monoisotopic (exact) mass is 625 g/mol. The Morgan fingerprint density at radius 1 is 0.978 bits per heavy atom. The van der Waals surface area contributed by atoms with Crippen LogP contribution in [0.2, 0.25) is 0 Å². The van der Waals surface area contributed by atoms with Crippen LogP contribution in [0.3, 0.4) is 0 Å². The highest BCUT2D eigenvalue weighted by molar-refractivity contribution is 7.92. The van der Waals surface area contributed by atoms with Crippen LogP contribution in [0, 0.1) is 19.3 Å². The van der Waals surface area contributed by atoms with Gasteiger partial charge in [0.2, 0.25) is 11.8 Å². The number of carbonyl (C=O) groups excluding carboxylic acids is 1. The Labute approximate surface area is 265 Å². The number of amides is 1. The van der Waals surface area contributed by atoms with Gasteiger partial charge in [-0.2, -0.15) is 4.98 Å². The highest BCUT2D eigenvalue weighted by atomic mass is 32.2. The van der Waals surface area contributed by atoms with Crippen LogP contribution in [0.5, 0.6) is 5.88 Å². The normalized spacial score (nSPS) is 18.2. The number of sulfonamides is 1. The van der Waals surface area contributed by atoms with Crippen LogP contribution in [0.1, 0.15) is 78.7 Å². The van der Waals surface area contributed by atoms with Gasteiger partial charge < -0.3 is 9.64 Å². The third-order valence-corrected chi connectivity index (χ3v) is 9.58. The number of carbonyl (C=O) groups is 1. The molecule has 2 aromatic heterocycles. The molecule has 4 aromatic rings. The molecule has 1 aliphatic heterocycles. The van der Waals surface area contributed by atoms with Crippen LogP contribution < -0.4 is 9.46 Å². The second-order valence-electron chi connectivity index (χ2n) is 13.3. The van der Waals surface area contributed by atoms with Crippen molar-refractivity contribution in [2.24, 2.45) is 5.41 Å². The molecule has 1 amide bonds. The molecule has 1 N–H and O–H groups in total. The Kier molecular flexibility index (Phi) is 8.11. The van der Waals surface area contributed by atoms with Gasteiger partial charge in [-0.3, -0.25) is 9.78 Å². The van der Waals surface area contributed by atoms with Crippen molar-refractivity contribution in [3.8, 4) is 17.1 Å². The molecular weight excluding hydrogens is 586 g/mol. The zero-order valence-corrected chi connectivity index (χ0v) is 27.2. The molecule has 6 rings (SSSR count). The first-order chi connectivity index (χ1) is 21.4. The maximum absolute atomic E-state index is 14.3. The molecule has 0 saturated heterocycles. The first-order valence-electron chi connectivity index (χ1n) is 15.3. The van der Waals surface area contributed by atoms with Crippen molar-refractivity contribution in [3.63, 3.8) is 0 Å². The van der Waals surface area contributed by atoms with Gasteiger partial charge in [0, 0.05) is 23.4 Å². The van der Waals surface area contributed by atoms with E-state index in [1.54, 1.807) is 23.1 Å². The van der Waals surface area contributed by atoms with Crippen molar-refractivity contribution in [1.82, 2.24) is 19.9 Å². The van der Waals surface area contributed by atoms with Crippen LogP contribution in [0.15, 0.2) is 71.8 Å². The average Bonchev–Trinajstić information content (AvgIpc) is 3.83. The van der Waals surface area contributed by atoms with E-state index in [-0.39, 0.29) is 52.8 Å². The molecule has 1 fully saturated rings. The lowest BCUT2D eigenvalue weighted by molar-refractivity contribution is 0.0509. The van der Waals surface area contributed by atoms with Gasteiger partial charge in [0.25, 0.3) is 15.9 Å². The highest BCUT2D eigenvalue weighted by Crippen LogP contribution is 2.39. The fourth-order valence-corrected chi connectivity index (χ4v) is 6.90. The van der Waals surface area contributed by atoms with E-state index < -0.39 is 10.0 Å². The molecule has 0 unspecified atom stereocenters. The summed E-state index contributed by atoms with van der Waals surface area (Å²) in [5.74, 6) is 0.381. The van der Waals surface area contributed by atoms with E-state index in [2.05, 4.69) is 41.5 Å². The number of hydrogen-bond acceptors (Lipinski definition) is 7. The van der Waals surface area contributed by atoms with Crippen molar-refractivity contribution < 1.29 is 17.9 Å². The minimum absolute atomic E-state index is 0.0598. The summed E-state index contributed by atoms with van der Waals surface area (Å²) < 4.78 is 36.1. The van der Waals surface area contributed by atoms with Crippen LogP contribution in [-0.2, 0) is 16.6 Å². The maximum Gasteiger partial charge on any atom is 0.264 e.